The smallest absolute Gasteiger partial charge is 0.137 e. The van der Waals surface area contributed by atoms with E-state index in [9.17, 15) is 0 Å². The van der Waals surface area contributed by atoms with E-state index in [0.29, 0.717) is 0 Å². The van der Waals surface area contributed by atoms with E-state index in [2.05, 4.69) is 106 Å². The van der Waals surface area contributed by atoms with Crippen molar-refractivity contribution in [3.63, 3.8) is 0 Å². The molecule has 0 radical (unpaired) electrons. The number of rotatable bonds is 3. The molecule has 160 valence electrons. The summed E-state index contributed by atoms with van der Waals surface area (Å²) in [5.74, 6) is 2.45. The van der Waals surface area contributed by atoms with Crippen molar-refractivity contribution in [2.75, 3.05) is 0 Å². The van der Waals surface area contributed by atoms with Crippen LogP contribution in [0, 0.1) is 0 Å². The van der Waals surface area contributed by atoms with E-state index in [1.807, 2.05) is 30.5 Å². The van der Waals surface area contributed by atoms with Crippen LogP contribution in [0.5, 0.6) is 11.5 Å². The zero-order valence-corrected chi connectivity index (χ0v) is 21.2. The Hall–Kier alpha value is -2.63. The van der Waals surface area contributed by atoms with Gasteiger partial charge in [-0.2, -0.15) is 0 Å². The third kappa shape index (κ3) is 3.96. The molecule has 5 heteroatoms. The number of hydrogen-bond acceptors (Lipinski definition) is 2. The molecular weight excluding hydrogens is 528 g/mol. The lowest BCUT2D eigenvalue weighted by atomic mass is 9.88. The monoisotopic (exact) mass is 548 g/mol. The molecule has 0 spiro atoms. The molecule has 0 atom stereocenters. The molecule has 0 amide bonds. The number of benzene rings is 3. The average molecular weight is 550 g/mol. The Kier molecular flexibility index (Phi) is 5.34. The van der Waals surface area contributed by atoms with Gasteiger partial charge in [-0.05, 0) is 59.5 Å². The zero-order valence-electron chi connectivity index (χ0n) is 18.1. The molecule has 0 aliphatic carbocycles. The maximum Gasteiger partial charge on any atom is 0.137 e. The average Bonchev–Trinajstić information content (AvgIpc) is 3.06. The highest BCUT2D eigenvalue weighted by Crippen LogP contribution is 2.36. The Morgan fingerprint density at radius 2 is 1.47 bits per heavy atom. The number of halogens is 2. The Morgan fingerprint density at radius 3 is 2.22 bits per heavy atom. The minimum absolute atomic E-state index is 0.0405. The fraction of sp³-hybridized carbons (Fsp3) is 0.148. The van der Waals surface area contributed by atoms with E-state index in [4.69, 9.17) is 9.72 Å². The molecule has 0 saturated carbocycles. The molecule has 0 fully saturated rings. The lowest BCUT2D eigenvalue weighted by Gasteiger charge is -2.20. The second-order valence-electron chi connectivity index (χ2n) is 8.89. The molecular formula is C27H22Br2N2O. The highest BCUT2D eigenvalue weighted by Gasteiger charge is 2.18. The fourth-order valence-corrected chi connectivity index (χ4v) is 5.24. The minimum Gasteiger partial charge on any atom is -0.457 e. The molecule has 3 nitrogen and oxygen atoms in total. The zero-order chi connectivity index (χ0) is 22.5. The molecule has 0 N–H and O–H groups in total. The minimum atomic E-state index is 0.0405. The first-order chi connectivity index (χ1) is 15.3. The number of hydrogen-bond donors (Lipinski definition) is 0. The van der Waals surface area contributed by atoms with E-state index in [1.54, 1.807) is 0 Å². The quantitative estimate of drug-likeness (QED) is 0.225. The van der Waals surface area contributed by atoms with Gasteiger partial charge >= 0.3 is 0 Å². The van der Waals surface area contributed by atoms with Crippen molar-refractivity contribution < 1.29 is 4.74 Å². The van der Waals surface area contributed by atoms with Gasteiger partial charge in [0.1, 0.15) is 17.3 Å². The highest BCUT2D eigenvalue weighted by atomic mass is 79.9. The van der Waals surface area contributed by atoms with Crippen molar-refractivity contribution in [1.82, 2.24) is 9.55 Å². The largest absolute Gasteiger partial charge is 0.457 e. The standard InChI is InChI=1S/C27H22Br2N2O/c1-27(2,3)17-10-11-30-26(12-17)31-24-7-5-4-6-22(24)23-9-8-20(16-25(23)31)32-21-14-18(28)13-19(29)15-21/h4-16H,1-3H3. The van der Waals surface area contributed by atoms with Gasteiger partial charge in [-0.15, -0.1) is 0 Å². The summed E-state index contributed by atoms with van der Waals surface area (Å²) in [5, 5.41) is 2.37. The summed E-state index contributed by atoms with van der Waals surface area (Å²) >= 11 is 7.06. The van der Waals surface area contributed by atoms with Crippen molar-refractivity contribution in [2.24, 2.45) is 0 Å². The van der Waals surface area contributed by atoms with Crippen LogP contribution in [0.15, 0.2) is 87.9 Å². The van der Waals surface area contributed by atoms with E-state index >= 15 is 0 Å². The lowest BCUT2D eigenvalue weighted by Crippen LogP contribution is -2.12. The molecule has 3 aromatic carbocycles. The summed E-state index contributed by atoms with van der Waals surface area (Å²) in [4.78, 5) is 4.74. The normalized spacial score (nSPS) is 11.9. The van der Waals surface area contributed by atoms with Crippen molar-refractivity contribution in [3.8, 4) is 17.3 Å². The van der Waals surface area contributed by atoms with E-state index in [0.717, 1.165) is 37.3 Å². The first-order valence-electron chi connectivity index (χ1n) is 10.4. The summed E-state index contributed by atoms with van der Waals surface area (Å²) in [6, 6.07) is 24.9. The first kappa shape index (κ1) is 21.2. The lowest BCUT2D eigenvalue weighted by molar-refractivity contribution is 0.482. The summed E-state index contributed by atoms with van der Waals surface area (Å²) in [6.45, 7) is 6.67. The molecule has 0 bridgehead atoms. The molecule has 32 heavy (non-hydrogen) atoms. The molecule has 2 aromatic heterocycles. The number of para-hydroxylation sites is 1. The molecule has 0 aliphatic rings. The van der Waals surface area contributed by atoms with Crippen LogP contribution in [-0.2, 0) is 5.41 Å². The second kappa shape index (κ2) is 8.05. The SMILES string of the molecule is CC(C)(C)c1ccnc(-n2c3ccccc3c3ccc(Oc4cc(Br)cc(Br)c4)cc32)c1. The van der Waals surface area contributed by atoms with Gasteiger partial charge in [0.25, 0.3) is 0 Å². The molecule has 2 heterocycles. The fourth-order valence-electron chi connectivity index (χ4n) is 3.99. The van der Waals surface area contributed by atoms with Crippen molar-refractivity contribution in [3.05, 3.63) is 93.5 Å². The van der Waals surface area contributed by atoms with Crippen LogP contribution >= 0.6 is 31.9 Å². The van der Waals surface area contributed by atoms with Crippen LogP contribution in [0.2, 0.25) is 0 Å². The maximum atomic E-state index is 6.22. The van der Waals surface area contributed by atoms with Gasteiger partial charge in [0.2, 0.25) is 0 Å². The Labute approximate surface area is 204 Å². The molecule has 0 aliphatic heterocycles. The van der Waals surface area contributed by atoms with Gasteiger partial charge < -0.3 is 4.74 Å². The van der Waals surface area contributed by atoms with Crippen LogP contribution < -0.4 is 4.74 Å². The van der Waals surface area contributed by atoms with Gasteiger partial charge in [0.15, 0.2) is 0 Å². The Balaban J connectivity index is 1.71. The van der Waals surface area contributed by atoms with Gasteiger partial charge in [0, 0.05) is 32.0 Å². The molecule has 0 unspecified atom stereocenters. The second-order valence-corrected chi connectivity index (χ2v) is 10.7. The van der Waals surface area contributed by atoms with Crippen molar-refractivity contribution in [1.29, 1.82) is 0 Å². The summed E-state index contributed by atoms with van der Waals surface area (Å²) in [6.07, 6.45) is 1.90. The predicted octanol–water partition coefficient (Wildman–Crippen LogP) is 8.79. The van der Waals surface area contributed by atoms with Gasteiger partial charge in [-0.3, -0.25) is 4.57 Å². The van der Waals surface area contributed by atoms with Crippen LogP contribution in [-0.4, -0.2) is 9.55 Å². The van der Waals surface area contributed by atoms with Gasteiger partial charge in [-0.1, -0.05) is 70.8 Å². The Morgan fingerprint density at radius 1 is 0.750 bits per heavy atom. The number of pyridine rings is 1. The number of aromatic nitrogens is 2. The topological polar surface area (TPSA) is 27.1 Å². The highest BCUT2D eigenvalue weighted by molar-refractivity contribution is 9.11. The molecule has 5 aromatic rings. The van der Waals surface area contributed by atoms with Gasteiger partial charge in [-0.25, -0.2) is 4.98 Å². The summed E-state index contributed by atoms with van der Waals surface area (Å²) < 4.78 is 10.4. The summed E-state index contributed by atoms with van der Waals surface area (Å²) in [5.41, 5.74) is 3.48. The Bertz CT molecular complexity index is 1440. The first-order valence-corrected chi connectivity index (χ1v) is 12.0. The van der Waals surface area contributed by atoms with Crippen LogP contribution in [0.1, 0.15) is 26.3 Å². The van der Waals surface area contributed by atoms with E-state index in [1.165, 1.54) is 16.3 Å². The van der Waals surface area contributed by atoms with Crippen LogP contribution in [0.25, 0.3) is 27.6 Å². The number of nitrogens with zero attached hydrogens (tertiary/aromatic N) is 2. The summed E-state index contributed by atoms with van der Waals surface area (Å²) in [7, 11) is 0. The van der Waals surface area contributed by atoms with Crippen LogP contribution in [0.4, 0.5) is 0 Å². The number of fused-ring (bicyclic) bond motifs is 3. The van der Waals surface area contributed by atoms with Crippen LogP contribution in [0.3, 0.4) is 0 Å². The van der Waals surface area contributed by atoms with E-state index < -0.39 is 0 Å². The molecule has 0 saturated heterocycles. The third-order valence-electron chi connectivity index (χ3n) is 5.56. The van der Waals surface area contributed by atoms with Crippen molar-refractivity contribution >= 4 is 53.7 Å². The number of ether oxygens (including phenoxy) is 1. The van der Waals surface area contributed by atoms with E-state index in [-0.39, 0.29) is 5.41 Å². The molecule has 5 rings (SSSR count). The predicted molar refractivity (Wildman–Crippen MR) is 139 cm³/mol. The van der Waals surface area contributed by atoms with Gasteiger partial charge in [0.05, 0.1) is 11.0 Å². The third-order valence-corrected chi connectivity index (χ3v) is 6.47. The maximum absolute atomic E-state index is 6.22. The van der Waals surface area contributed by atoms with Crippen molar-refractivity contribution in [2.45, 2.75) is 26.2 Å².